The molecule has 236 valence electrons. The maximum Gasteiger partial charge on any atom is 0.246 e. The predicted molar refractivity (Wildman–Crippen MR) is 171 cm³/mol. The summed E-state index contributed by atoms with van der Waals surface area (Å²) in [6.45, 7) is 1.46. The number of carbonyl (C=O) groups excluding carboxylic acids is 3. The maximum absolute atomic E-state index is 13.0. The lowest BCUT2D eigenvalue weighted by atomic mass is 10.2. The highest BCUT2D eigenvalue weighted by molar-refractivity contribution is 5.93. The molecule has 3 aromatic carbocycles. The van der Waals surface area contributed by atoms with E-state index in [-0.39, 0.29) is 46.5 Å². The number of carbonyl (C=O) groups is 3. The summed E-state index contributed by atoms with van der Waals surface area (Å²) in [5, 5.41) is 53.1. The average molecular weight is 616 g/mol. The third-order valence-corrected chi connectivity index (χ3v) is 6.53. The molecule has 0 spiro atoms. The van der Waals surface area contributed by atoms with Gasteiger partial charge in [-0.3, -0.25) is 14.4 Å². The summed E-state index contributed by atoms with van der Waals surface area (Å²) >= 11 is 0. The van der Waals surface area contributed by atoms with Gasteiger partial charge < -0.3 is 41.1 Å². The van der Waals surface area contributed by atoms with Crippen LogP contribution in [-0.4, -0.2) is 74.3 Å². The molecule has 0 heterocycles. The van der Waals surface area contributed by atoms with Crippen LogP contribution in [0.25, 0.3) is 18.2 Å². The topological polar surface area (TPSA) is 180 Å². The molecule has 45 heavy (non-hydrogen) atoms. The van der Waals surface area contributed by atoms with Crippen molar-refractivity contribution in [2.24, 2.45) is 0 Å². The van der Waals surface area contributed by atoms with Gasteiger partial charge in [-0.2, -0.15) is 0 Å². The summed E-state index contributed by atoms with van der Waals surface area (Å²) in [4.78, 5) is 39.0. The number of phenolic OH excluding ortho intramolecular Hbond substituents is 5. The molecule has 0 saturated carbocycles. The van der Waals surface area contributed by atoms with E-state index in [1.165, 1.54) is 66.8 Å². The SMILES string of the molecule is O=C(/C=C/c1ccc(O)cc1)NCCCCN(CCCNC(=O)/C=C/c1ccc(O)c(O)c1)C(=O)/C=C/c1ccc(O)c(O)c1. The summed E-state index contributed by atoms with van der Waals surface area (Å²) in [7, 11) is 0. The quantitative estimate of drug-likeness (QED) is 0.0764. The zero-order valence-electron chi connectivity index (χ0n) is 24.6. The van der Waals surface area contributed by atoms with Crippen LogP contribution >= 0.6 is 0 Å². The molecule has 3 aromatic rings. The van der Waals surface area contributed by atoms with E-state index in [0.29, 0.717) is 56.6 Å². The Bertz CT molecular complexity index is 1550. The Morgan fingerprint density at radius 3 is 1.58 bits per heavy atom. The Kier molecular flexibility index (Phi) is 13.1. The van der Waals surface area contributed by atoms with Gasteiger partial charge in [0.1, 0.15) is 5.75 Å². The number of rotatable bonds is 15. The fourth-order valence-electron chi connectivity index (χ4n) is 4.06. The van der Waals surface area contributed by atoms with Crippen LogP contribution in [0.1, 0.15) is 36.0 Å². The summed E-state index contributed by atoms with van der Waals surface area (Å²) in [5.74, 6) is -1.85. The van der Waals surface area contributed by atoms with Crippen LogP contribution < -0.4 is 10.6 Å². The van der Waals surface area contributed by atoms with Gasteiger partial charge in [0.25, 0.3) is 0 Å². The molecule has 3 amide bonds. The third-order valence-electron chi connectivity index (χ3n) is 6.53. The number of nitrogens with one attached hydrogen (secondary N) is 2. The van der Waals surface area contributed by atoms with Crippen molar-refractivity contribution in [3.63, 3.8) is 0 Å². The fraction of sp³-hybridized carbons (Fsp3) is 0.206. The molecule has 0 aliphatic rings. The first-order chi connectivity index (χ1) is 21.6. The zero-order chi connectivity index (χ0) is 32.6. The van der Waals surface area contributed by atoms with Crippen molar-refractivity contribution in [3.8, 4) is 28.7 Å². The van der Waals surface area contributed by atoms with Crippen LogP contribution in [0.2, 0.25) is 0 Å². The van der Waals surface area contributed by atoms with E-state index in [1.807, 2.05) is 0 Å². The number of nitrogens with zero attached hydrogens (tertiary/aromatic N) is 1. The van der Waals surface area contributed by atoms with Crippen molar-refractivity contribution >= 4 is 35.9 Å². The smallest absolute Gasteiger partial charge is 0.246 e. The molecule has 7 N–H and O–H groups in total. The molecule has 0 atom stereocenters. The second-order valence-corrected chi connectivity index (χ2v) is 10.1. The predicted octanol–water partition coefficient (Wildman–Crippen LogP) is 3.89. The van der Waals surface area contributed by atoms with Gasteiger partial charge in [0.15, 0.2) is 23.0 Å². The highest BCUT2D eigenvalue weighted by Gasteiger charge is 2.11. The van der Waals surface area contributed by atoms with E-state index in [0.717, 1.165) is 5.56 Å². The minimum absolute atomic E-state index is 0.144. The minimum atomic E-state index is -0.359. The molecular formula is C34H37N3O8. The second-order valence-electron chi connectivity index (χ2n) is 10.1. The Labute approximate surface area is 261 Å². The van der Waals surface area contributed by atoms with Gasteiger partial charge in [-0.25, -0.2) is 0 Å². The third kappa shape index (κ3) is 12.2. The van der Waals surface area contributed by atoms with Gasteiger partial charge in [0.2, 0.25) is 17.7 Å². The molecule has 0 aliphatic heterocycles. The van der Waals surface area contributed by atoms with E-state index in [9.17, 15) is 39.9 Å². The van der Waals surface area contributed by atoms with Crippen molar-refractivity contribution in [3.05, 3.63) is 95.6 Å². The van der Waals surface area contributed by atoms with Crippen molar-refractivity contribution in [1.29, 1.82) is 0 Å². The molecule has 3 rings (SSSR count). The van der Waals surface area contributed by atoms with Crippen molar-refractivity contribution < 1.29 is 39.9 Å². The number of amides is 3. The van der Waals surface area contributed by atoms with E-state index < -0.39 is 0 Å². The van der Waals surface area contributed by atoms with Crippen LogP contribution in [0.4, 0.5) is 0 Å². The molecule has 0 aliphatic carbocycles. The Morgan fingerprint density at radius 2 is 1.02 bits per heavy atom. The average Bonchev–Trinajstić information content (AvgIpc) is 3.02. The molecule has 0 bridgehead atoms. The van der Waals surface area contributed by atoms with Crippen LogP contribution in [0.5, 0.6) is 28.7 Å². The lowest BCUT2D eigenvalue weighted by Gasteiger charge is -2.21. The number of phenols is 5. The van der Waals surface area contributed by atoms with Crippen molar-refractivity contribution in [2.75, 3.05) is 26.2 Å². The highest BCUT2D eigenvalue weighted by Crippen LogP contribution is 2.26. The lowest BCUT2D eigenvalue weighted by molar-refractivity contribution is -0.126. The molecule has 0 radical (unpaired) electrons. The molecule has 0 saturated heterocycles. The molecule has 11 heteroatoms. The van der Waals surface area contributed by atoms with E-state index >= 15 is 0 Å². The maximum atomic E-state index is 13.0. The van der Waals surface area contributed by atoms with Gasteiger partial charge in [-0.15, -0.1) is 0 Å². The Morgan fingerprint density at radius 1 is 0.556 bits per heavy atom. The van der Waals surface area contributed by atoms with Crippen LogP contribution in [0.3, 0.4) is 0 Å². The monoisotopic (exact) mass is 615 g/mol. The van der Waals surface area contributed by atoms with E-state index in [1.54, 1.807) is 35.2 Å². The van der Waals surface area contributed by atoms with Crippen LogP contribution in [0.15, 0.2) is 78.9 Å². The molecule has 0 fully saturated rings. The molecular weight excluding hydrogens is 578 g/mol. The van der Waals surface area contributed by atoms with Gasteiger partial charge in [0, 0.05) is 44.4 Å². The summed E-state index contributed by atoms with van der Waals surface area (Å²) in [6, 6.07) is 14.9. The van der Waals surface area contributed by atoms with Crippen molar-refractivity contribution in [1.82, 2.24) is 15.5 Å². The van der Waals surface area contributed by atoms with Gasteiger partial charge >= 0.3 is 0 Å². The van der Waals surface area contributed by atoms with E-state index in [4.69, 9.17) is 0 Å². The van der Waals surface area contributed by atoms with E-state index in [2.05, 4.69) is 10.6 Å². The minimum Gasteiger partial charge on any atom is -0.508 e. The lowest BCUT2D eigenvalue weighted by Crippen LogP contribution is -2.34. The Hall–Kier alpha value is -5.71. The number of unbranched alkanes of at least 4 members (excludes halogenated alkanes) is 1. The molecule has 0 unspecified atom stereocenters. The second kappa shape index (κ2) is 17.4. The standard InChI is InChI=1S/C34H37N3O8/c38-27-11-4-24(5-12-27)8-15-32(43)35-18-1-2-20-37(34(45)17-10-26-7-14-29(40)31(42)23-26)21-3-19-36-33(44)16-9-25-6-13-28(39)30(41)22-25/h4-17,22-23,38-42H,1-3,18-21H2,(H,35,43)(H,36,44)/b15-8+,16-9+,17-10+. The molecule has 11 nitrogen and oxygen atoms in total. The first-order valence-corrected chi connectivity index (χ1v) is 14.3. The summed E-state index contributed by atoms with van der Waals surface area (Å²) in [5.41, 5.74) is 1.84. The molecule has 0 aromatic heterocycles. The van der Waals surface area contributed by atoms with Gasteiger partial charge in [-0.05, 0) is 90.6 Å². The number of aromatic hydroxyl groups is 5. The highest BCUT2D eigenvalue weighted by atomic mass is 16.3. The zero-order valence-corrected chi connectivity index (χ0v) is 24.6. The normalized spacial score (nSPS) is 11.3. The number of benzene rings is 3. The van der Waals surface area contributed by atoms with Crippen molar-refractivity contribution in [2.45, 2.75) is 19.3 Å². The van der Waals surface area contributed by atoms with Crippen LogP contribution in [0, 0.1) is 0 Å². The van der Waals surface area contributed by atoms with Gasteiger partial charge in [-0.1, -0.05) is 24.3 Å². The summed E-state index contributed by atoms with van der Waals surface area (Å²) < 4.78 is 0. The fourth-order valence-corrected chi connectivity index (χ4v) is 4.06. The number of hydrogen-bond donors (Lipinski definition) is 7. The largest absolute Gasteiger partial charge is 0.508 e. The first kappa shape index (κ1) is 33.8. The van der Waals surface area contributed by atoms with Gasteiger partial charge in [0.05, 0.1) is 0 Å². The summed E-state index contributed by atoms with van der Waals surface area (Å²) in [6.07, 6.45) is 10.4. The first-order valence-electron chi connectivity index (χ1n) is 14.3. The Balaban J connectivity index is 1.48. The number of hydrogen-bond acceptors (Lipinski definition) is 8. The van der Waals surface area contributed by atoms with Crippen LogP contribution in [-0.2, 0) is 14.4 Å².